The number of thiazole rings is 1. The number of hydrogen-bond acceptors (Lipinski definition) is 3. The molecule has 24 heavy (non-hydrogen) atoms. The Morgan fingerprint density at radius 2 is 1.79 bits per heavy atom. The molecule has 0 atom stereocenters. The summed E-state index contributed by atoms with van der Waals surface area (Å²) in [5, 5.41) is 3.24. The van der Waals surface area contributed by atoms with E-state index in [4.69, 9.17) is 23.2 Å². The van der Waals surface area contributed by atoms with Crippen molar-refractivity contribution in [3.8, 4) is 11.3 Å². The SMILES string of the molecule is O=C(CCl)N(Cc1ccccc1)c1nc(-c2ccc(Cl)cc2)cs1. The van der Waals surface area contributed by atoms with Crippen LogP contribution in [0.15, 0.2) is 60.0 Å². The number of halogens is 2. The Morgan fingerprint density at radius 3 is 2.46 bits per heavy atom. The highest BCUT2D eigenvalue weighted by molar-refractivity contribution is 7.14. The third-order valence-electron chi connectivity index (χ3n) is 3.46. The second-order valence-corrected chi connectivity index (χ2v) is 6.66. The monoisotopic (exact) mass is 376 g/mol. The Hall–Kier alpha value is -1.88. The van der Waals surface area contributed by atoms with Gasteiger partial charge in [-0.25, -0.2) is 4.98 Å². The Balaban J connectivity index is 1.88. The maximum absolute atomic E-state index is 12.3. The molecule has 0 N–H and O–H groups in total. The summed E-state index contributed by atoms with van der Waals surface area (Å²) in [5.41, 5.74) is 2.80. The van der Waals surface area contributed by atoms with Gasteiger partial charge in [0.15, 0.2) is 5.13 Å². The summed E-state index contributed by atoms with van der Waals surface area (Å²) in [6.07, 6.45) is 0. The van der Waals surface area contributed by atoms with Gasteiger partial charge in [-0.05, 0) is 17.7 Å². The standard InChI is InChI=1S/C18H14Cl2N2OS/c19-10-17(23)22(11-13-4-2-1-3-5-13)18-21-16(12-24-18)14-6-8-15(20)9-7-14/h1-9,12H,10-11H2. The molecule has 6 heteroatoms. The fourth-order valence-electron chi connectivity index (χ4n) is 2.24. The predicted octanol–water partition coefficient (Wildman–Crippen LogP) is 5.24. The van der Waals surface area contributed by atoms with E-state index < -0.39 is 0 Å². The van der Waals surface area contributed by atoms with Crippen LogP contribution in [0.1, 0.15) is 5.56 Å². The van der Waals surface area contributed by atoms with Crippen LogP contribution in [0.3, 0.4) is 0 Å². The Labute approximate surface area is 154 Å². The normalized spacial score (nSPS) is 10.6. The minimum atomic E-state index is -0.169. The molecule has 1 heterocycles. The molecule has 122 valence electrons. The number of anilines is 1. The summed E-state index contributed by atoms with van der Waals surface area (Å²) in [6, 6.07) is 17.2. The van der Waals surface area contributed by atoms with Gasteiger partial charge in [-0.1, -0.05) is 54.1 Å². The molecule has 2 aromatic carbocycles. The quantitative estimate of drug-likeness (QED) is 0.570. The van der Waals surface area contributed by atoms with Crippen molar-refractivity contribution in [2.75, 3.05) is 10.8 Å². The molecule has 0 aliphatic heterocycles. The second kappa shape index (κ2) is 7.79. The van der Waals surface area contributed by atoms with Gasteiger partial charge in [0, 0.05) is 16.0 Å². The molecule has 0 aliphatic rings. The van der Waals surface area contributed by atoms with Crippen molar-refractivity contribution in [3.63, 3.8) is 0 Å². The number of benzene rings is 2. The van der Waals surface area contributed by atoms with Gasteiger partial charge < -0.3 is 0 Å². The highest BCUT2D eigenvalue weighted by atomic mass is 35.5. The molecule has 0 radical (unpaired) electrons. The molecular weight excluding hydrogens is 363 g/mol. The molecule has 3 nitrogen and oxygen atoms in total. The lowest BCUT2D eigenvalue weighted by molar-refractivity contribution is -0.116. The fourth-order valence-corrected chi connectivity index (χ4v) is 3.36. The molecule has 1 aromatic heterocycles. The highest BCUT2D eigenvalue weighted by Crippen LogP contribution is 2.29. The molecule has 0 bridgehead atoms. The van der Waals surface area contributed by atoms with Gasteiger partial charge in [0.2, 0.25) is 5.91 Å². The first-order valence-corrected chi connectivity index (χ1v) is 9.08. The van der Waals surface area contributed by atoms with Gasteiger partial charge in [0.25, 0.3) is 0 Å². The zero-order valence-electron chi connectivity index (χ0n) is 12.7. The molecule has 0 aliphatic carbocycles. The van der Waals surface area contributed by atoms with Crippen LogP contribution in [0.4, 0.5) is 5.13 Å². The summed E-state index contributed by atoms with van der Waals surface area (Å²) in [7, 11) is 0. The highest BCUT2D eigenvalue weighted by Gasteiger charge is 2.19. The molecule has 3 aromatic rings. The van der Waals surface area contributed by atoms with Gasteiger partial charge in [0.05, 0.1) is 12.2 Å². The number of alkyl halides is 1. The number of carbonyl (C=O) groups excluding carboxylic acids is 1. The third-order valence-corrected chi connectivity index (χ3v) is 4.81. The number of aromatic nitrogens is 1. The van der Waals surface area contributed by atoms with E-state index >= 15 is 0 Å². The Bertz CT molecular complexity index is 819. The lowest BCUT2D eigenvalue weighted by Gasteiger charge is -2.18. The summed E-state index contributed by atoms with van der Waals surface area (Å²) < 4.78 is 0. The maximum Gasteiger partial charge on any atom is 0.244 e. The molecule has 1 amide bonds. The van der Waals surface area contributed by atoms with Crippen LogP contribution in [-0.4, -0.2) is 16.8 Å². The average Bonchev–Trinajstić information content (AvgIpc) is 3.10. The number of hydrogen-bond donors (Lipinski definition) is 0. The van der Waals surface area contributed by atoms with E-state index in [-0.39, 0.29) is 11.8 Å². The van der Waals surface area contributed by atoms with Crippen molar-refractivity contribution < 1.29 is 4.79 Å². The molecule has 0 fully saturated rings. The van der Waals surface area contributed by atoms with Gasteiger partial charge in [0.1, 0.15) is 5.88 Å². The van der Waals surface area contributed by atoms with Crippen LogP contribution < -0.4 is 4.90 Å². The molecule has 0 saturated carbocycles. The third kappa shape index (κ3) is 3.96. The van der Waals surface area contributed by atoms with E-state index in [1.807, 2.05) is 60.0 Å². The number of rotatable bonds is 5. The second-order valence-electron chi connectivity index (χ2n) is 5.12. The first kappa shape index (κ1) is 17.0. The van der Waals surface area contributed by atoms with Crippen LogP contribution in [0.5, 0.6) is 0 Å². The van der Waals surface area contributed by atoms with Gasteiger partial charge in [-0.15, -0.1) is 22.9 Å². The van der Waals surface area contributed by atoms with Crippen molar-refractivity contribution >= 4 is 45.6 Å². The lowest BCUT2D eigenvalue weighted by atomic mass is 10.2. The molecule has 0 spiro atoms. The summed E-state index contributed by atoms with van der Waals surface area (Å²) in [6.45, 7) is 0.444. The van der Waals surface area contributed by atoms with Gasteiger partial charge >= 0.3 is 0 Å². The zero-order chi connectivity index (χ0) is 16.9. The van der Waals surface area contributed by atoms with Crippen LogP contribution in [0.2, 0.25) is 5.02 Å². The number of nitrogens with zero attached hydrogens (tertiary/aromatic N) is 2. The van der Waals surface area contributed by atoms with E-state index in [0.29, 0.717) is 16.7 Å². The molecular formula is C18H14Cl2N2OS. The minimum Gasteiger partial charge on any atom is -0.283 e. The Kier molecular flexibility index (Phi) is 5.51. The van der Waals surface area contributed by atoms with Gasteiger partial charge in [-0.2, -0.15) is 0 Å². The van der Waals surface area contributed by atoms with E-state index in [9.17, 15) is 4.79 Å². The van der Waals surface area contributed by atoms with Crippen LogP contribution in [0.25, 0.3) is 11.3 Å². The fraction of sp³-hybridized carbons (Fsp3) is 0.111. The van der Waals surface area contributed by atoms with E-state index in [2.05, 4.69) is 4.98 Å². The summed E-state index contributed by atoms with van der Waals surface area (Å²) >= 11 is 13.1. The molecule has 0 unspecified atom stereocenters. The summed E-state index contributed by atoms with van der Waals surface area (Å²) in [5.74, 6) is -0.250. The smallest absolute Gasteiger partial charge is 0.244 e. The van der Waals surface area contributed by atoms with Crippen LogP contribution in [0, 0.1) is 0 Å². The number of amides is 1. The molecule has 3 rings (SSSR count). The predicted molar refractivity (Wildman–Crippen MR) is 101 cm³/mol. The van der Waals surface area contributed by atoms with Crippen molar-refractivity contribution in [3.05, 3.63) is 70.6 Å². The lowest BCUT2D eigenvalue weighted by Crippen LogP contribution is -2.31. The first-order valence-electron chi connectivity index (χ1n) is 7.29. The van der Waals surface area contributed by atoms with Crippen LogP contribution >= 0.6 is 34.5 Å². The maximum atomic E-state index is 12.3. The zero-order valence-corrected chi connectivity index (χ0v) is 15.0. The number of carbonyl (C=O) groups is 1. The minimum absolute atomic E-state index is 0.0807. The van der Waals surface area contributed by atoms with Crippen molar-refractivity contribution in [1.29, 1.82) is 0 Å². The van der Waals surface area contributed by atoms with E-state index in [1.165, 1.54) is 11.3 Å². The van der Waals surface area contributed by atoms with E-state index in [0.717, 1.165) is 16.8 Å². The largest absolute Gasteiger partial charge is 0.283 e. The van der Waals surface area contributed by atoms with Crippen LogP contribution in [-0.2, 0) is 11.3 Å². The van der Waals surface area contributed by atoms with E-state index in [1.54, 1.807) is 4.90 Å². The molecule has 0 saturated heterocycles. The first-order chi connectivity index (χ1) is 11.7. The average molecular weight is 377 g/mol. The van der Waals surface area contributed by atoms with Crippen molar-refractivity contribution in [2.24, 2.45) is 0 Å². The van der Waals surface area contributed by atoms with Crippen molar-refractivity contribution in [1.82, 2.24) is 4.98 Å². The Morgan fingerprint density at radius 1 is 1.08 bits per heavy atom. The van der Waals surface area contributed by atoms with Gasteiger partial charge in [-0.3, -0.25) is 9.69 Å². The van der Waals surface area contributed by atoms with Crippen molar-refractivity contribution in [2.45, 2.75) is 6.54 Å². The topological polar surface area (TPSA) is 33.2 Å². The summed E-state index contributed by atoms with van der Waals surface area (Å²) in [4.78, 5) is 18.5.